The Labute approximate surface area is 748 Å². The zero-order valence-electron chi connectivity index (χ0n) is 75.4. The maximum Gasteiger partial charge on any atom is 0.335 e. The molecule has 11 fully saturated rings. The molecule has 0 radical (unpaired) electrons. The van der Waals surface area contributed by atoms with Gasteiger partial charge in [-0.15, -0.1) is 0 Å². The van der Waals surface area contributed by atoms with Gasteiger partial charge in [0, 0.05) is 12.8 Å². The summed E-state index contributed by atoms with van der Waals surface area (Å²) in [7, 11) is 0. The summed E-state index contributed by atoms with van der Waals surface area (Å²) in [6, 6.07) is 0. The minimum absolute atomic E-state index is 0.0280. The monoisotopic (exact) mass is 1850 g/mol. The van der Waals surface area contributed by atoms with Crippen LogP contribution in [0.3, 0.4) is 0 Å². The molecule has 7 heterocycles. The summed E-state index contributed by atoms with van der Waals surface area (Å²) in [5.74, 6) is -6.90. The number of carboxylic acid groups (broad SMARTS) is 1. The number of aldehydes is 1. The first kappa shape index (κ1) is 104. The number of allylic oxidation sites excluding steroid dienone is 2. The normalized spacial score (nSPS) is 48.4. The summed E-state index contributed by atoms with van der Waals surface area (Å²) in [6.07, 6.45) is -59.3. The molecular formula is C88H142O41. The van der Waals surface area contributed by atoms with Crippen LogP contribution in [0.25, 0.3) is 0 Å². The number of esters is 3. The molecule has 44 unspecified atom stereocenters. The van der Waals surface area contributed by atoms with Gasteiger partial charge in [-0.3, -0.25) is 14.4 Å². The van der Waals surface area contributed by atoms with Gasteiger partial charge in [0.1, 0.15) is 134 Å². The Morgan fingerprint density at radius 2 is 1.05 bits per heavy atom. The van der Waals surface area contributed by atoms with Gasteiger partial charge < -0.3 is 183 Å². The number of rotatable bonds is 32. The second-order valence-corrected chi connectivity index (χ2v) is 40.3. The van der Waals surface area contributed by atoms with Crippen LogP contribution in [-0.4, -0.2) is 385 Å². The molecule has 7 aliphatic heterocycles. The highest BCUT2D eigenvalue weighted by molar-refractivity contribution is 5.80. The lowest BCUT2D eigenvalue weighted by atomic mass is 9.33. The van der Waals surface area contributed by atoms with Gasteiger partial charge in [-0.05, 0) is 129 Å². The van der Waals surface area contributed by atoms with Crippen molar-refractivity contribution in [2.45, 2.75) is 426 Å². The van der Waals surface area contributed by atoms with E-state index in [1.165, 1.54) is 13.8 Å². The molecule has 48 atom stereocenters. The van der Waals surface area contributed by atoms with Gasteiger partial charge in [-0.1, -0.05) is 101 Å². The van der Waals surface area contributed by atoms with Crippen LogP contribution in [0.5, 0.6) is 0 Å². The lowest BCUT2D eigenvalue weighted by Crippen LogP contribution is -2.69. The summed E-state index contributed by atoms with van der Waals surface area (Å²) >= 11 is 0. The van der Waals surface area contributed by atoms with Crippen molar-refractivity contribution in [1.29, 1.82) is 0 Å². The number of aliphatic hydroxyl groups is 19. The van der Waals surface area contributed by atoms with Crippen LogP contribution < -0.4 is 0 Å². The molecule has 12 aliphatic rings. The van der Waals surface area contributed by atoms with Gasteiger partial charge >= 0.3 is 23.9 Å². The van der Waals surface area contributed by atoms with Crippen LogP contribution in [0.15, 0.2) is 11.6 Å². The minimum atomic E-state index is -2.25. The maximum absolute atomic E-state index is 16.3. The molecule has 0 aromatic rings. The molecule has 5 aliphatic carbocycles. The molecule has 0 aromatic carbocycles. The molecule has 0 spiro atoms. The summed E-state index contributed by atoms with van der Waals surface area (Å²) in [4.78, 5) is 71.7. The van der Waals surface area contributed by atoms with E-state index in [0.717, 1.165) is 11.9 Å². The number of ether oxygens (including phenoxy) is 16. The molecule has 41 nitrogen and oxygen atoms in total. The summed E-state index contributed by atoms with van der Waals surface area (Å²) in [6.45, 7) is 22.0. The van der Waals surface area contributed by atoms with Crippen molar-refractivity contribution < 1.29 is 202 Å². The Morgan fingerprint density at radius 3 is 1.64 bits per heavy atom. The van der Waals surface area contributed by atoms with Crippen molar-refractivity contribution in [2.75, 3.05) is 19.8 Å². The Balaban J connectivity index is 0.785. The molecular weight excluding hydrogens is 1710 g/mol. The van der Waals surface area contributed by atoms with Crippen molar-refractivity contribution in [3.8, 4) is 0 Å². The van der Waals surface area contributed by atoms with Gasteiger partial charge in [0.05, 0.1) is 86.9 Å². The minimum Gasteiger partial charge on any atom is -0.479 e. The standard InChI is InChI=1S/C88H142O41/c1-14-35(4)46(118-53(96)27-40(92)26-47(36(5)15-2)120-78-63(106)57(100)45(16-3)119-78)25-39(91)28-54(97)123-69-38(7)117-80(72(66(69)109)127-77-65(108)60(103)68(37(6)116-77)124-75-61(104)55(98)43(93)32-114-75)129-82(113)88-24-23-83(8,9)29-42(88)41-17-18-50-84(10)21-20-52(85(11,34-90)49(84)19-22-86(50,12)87(41,13)30-51(88)95)122-81-73(128-79-64(107)59(102)58(101)48(31-89)121-79)70(67(110)71(126-81)74(111)112)125-76-62(105)56(99)44(94)33-115-76/h17,34-40,42-52,55-73,75-81,89,91-95,98-110H,14-16,18-33H2,1-13H3,(H,111,112)/t35?,36?,37?,38?,39?,40?,42?,43?,44?,45-,46?,47?,48?,49?,50?,51?,52?,55?,56?,57-,58?,59?,60?,61?,62?,63+,64?,65?,66?,67?,68?,69?,70?,71?,72?,73?,75?,76?,77?,78-,79?,80?,81?,84?,85?,86?,87?,88?/m1/s1. The van der Waals surface area contributed by atoms with Gasteiger partial charge in [0.25, 0.3) is 0 Å². The third-order valence-electron chi connectivity index (χ3n) is 31.7. The Morgan fingerprint density at radius 1 is 0.512 bits per heavy atom. The largest absolute Gasteiger partial charge is 0.479 e. The Bertz CT molecular complexity index is 3790. The fourth-order valence-corrected chi connectivity index (χ4v) is 23.1. The number of aliphatic carboxylic acids is 1. The van der Waals surface area contributed by atoms with E-state index >= 15 is 4.79 Å². The van der Waals surface area contributed by atoms with Crippen molar-refractivity contribution in [1.82, 2.24) is 0 Å². The predicted octanol–water partition coefficient (Wildman–Crippen LogP) is -2.73. The van der Waals surface area contributed by atoms with E-state index in [4.69, 9.17) is 75.8 Å². The van der Waals surface area contributed by atoms with Crippen LogP contribution in [0.4, 0.5) is 0 Å². The first-order valence-electron chi connectivity index (χ1n) is 45.8. The molecule has 129 heavy (non-hydrogen) atoms. The fraction of sp³-hybridized carbons (Fsp3) is 0.920. The molecule has 740 valence electrons. The first-order chi connectivity index (χ1) is 60.5. The van der Waals surface area contributed by atoms with Crippen molar-refractivity contribution >= 4 is 30.2 Å². The molecule has 4 saturated carbocycles. The molecule has 0 amide bonds. The number of carbonyl (C=O) groups excluding carboxylic acids is 4. The Kier molecular flexibility index (Phi) is 33.3. The third-order valence-corrected chi connectivity index (χ3v) is 31.7. The number of hydrogen-bond donors (Lipinski definition) is 20. The second kappa shape index (κ2) is 41.4. The second-order valence-electron chi connectivity index (χ2n) is 40.3. The van der Waals surface area contributed by atoms with Gasteiger partial charge in [0.15, 0.2) is 56.1 Å². The van der Waals surface area contributed by atoms with Crippen molar-refractivity contribution in [3.05, 3.63) is 11.6 Å². The molecule has 20 N–H and O–H groups in total. The summed E-state index contributed by atoms with van der Waals surface area (Å²) in [5.41, 5.74) is -5.31. The highest BCUT2D eigenvalue weighted by atomic mass is 16.8. The fourth-order valence-electron chi connectivity index (χ4n) is 23.1. The third kappa shape index (κ3) is 20.2. The molecule has 12 rings (SSSR count). The maximum atomic E-state index is 16.3. The zero-order valence-corrected chi connectivity index (χ0v) is 75.4. The van der Waals surface area contributed by atoms with E-state index in [9.17, 15) is 121 Å². The topological polar surface area (TPSA) is 638 Å². The zero-order chi connectivity index (χ0) is 94.9. The average molecular weight is 1860 g/mol. The predicted molar refractivity (Wildman–Crippen MR) is 435 cm³/mol. The molecule has 0 bridgehead atoms. The molecule has 41 heteroatoms. The highest BCUT2D eigenvalue weighted by Crippen LogP contribution is 2.76. The van der Waals surface area contributed by atoms with Gasteiger partial charge in [-0.2, -0.15) is 0 Å². The van der Waals surface area contributed by atoms with Crippen LogP contribution in [0.1, 0.15) is 193 Å². The van der Waals surface area contributed by atoms with E-state index in [1.807, 2.05) is 34.6 Å². The van der Waals surface area contributed by atoms with Gasteiger partial charge in [-0.25, -0.2) is 4.79 Å². The highest BCUT2D eigenvalue weighted by Gasteiger charge is 2.73. The Hall–Kier alpha value is -3.99. The van der Waals surface area contributed by atoms with Crippen LogP contribution in [0, 0.1) is 62.1 Å². The molecule has 7 saturated heterocycles. The lowest BCUT2D eigenvalue weighted by Gasteiger charge is -2.71. The number of fused-ring (bicyclic) bond motifs is 7. The summed E-state index contributed by atoms with van der Waals surface area (Å²) < 4.78 is 97.0. The van der Waals surface area contributed by atoms with Crippen LogP contribution >= 0.6 is 0 Å². The number of carboxylic acids is 1. The number of hydrogen-bond acceptors (Lipinski definition) is 40. The quantitative estimate of drug-likeness (QED) is 0.0107. The van der Waals surface area contributed by atoms with Crippen molar-refractivity contribution in [2.24, 2.45) is 62.1 Å². The van der Waals surface area contributed by atoms with E-state index in [0.29, 0.717) is 57.8 Å². The van der Waals surface area contributed by atoms with E-state index in [1.54, 1.807) is 20.8 Å². The van der Waals surface area contributed by atoms with Crippen LogP contribution in [-0.2, 0) is 99.8 Å². The smallest absolute Gasteiger partial charge is 0.335 e. The summed E-state index contributed by atoms with van der Waals surface area (Å²) in [5, 5.41) is 223. The SMILES string of the molecule is CCC(C)C(CC(O)CC(=O)OC1C(C)OC(OC(=O)C23CCC(C)(C)CC2C2=CCC4C5(C)CCC(OC6OC(C(=O)O)C(O)C(OC7OCC(O)C(O)C7O)C6OC6OC(CO)C(O)C(O)C6O)C(C)(C=O)C5CCC4(C)C2(C)CC3O)C(OC2OC(C)C(OC3OCC(O)C(O)C3O)C(O)C2O)C1O)OC(=O)CC(O)CC(O[C@H]1O[C@H](CC)[C@@H](O)[C@@H]1O)C(C)CC. The van der Waals surface area contributed by atoms with E-state index in [-0.39, 0.29) is 43.9 Å². The first-order valence-corrected chi connectivity index (χ1v) is 45.8. The van der Waals surface area contributed by atoms with Crippen molar-refractivity contribution in [3.63, 3.8) is 0 Å². The number of carbonyl (C=O) groups is 5. The van der Waals surface area contributed by atoms with Gasteiger partial charge in [0.2, 0.25) is 6.29 Å². The number of aliphatic hydroxyl groups excluding tert-OH is 19. The lowest BCUT2D eigenvalue weighted by molar-refractivity contribution is -0.391. The van der Waals surface area contributed by atoms with Crippen LogP contribution in [0.2, 0.25) is 0 Å². The molecule has 0 aromatic heterocycles. The average Bonchev–Trinajstić information content (AvgIpc) is 0.970. The van der Waals surface area contributed by atoms with E-state index < -0.39 is 340 Å². The van der Waals surface area contributed by atoms with E-state index in [2.05, 4.69) is 26.8 Å².